The first-order chi connectivity index (χ1) is 13.7. The Morgan fingerprint density at radius 2 is 1.93 bits per heavy atom. The van der Waals surface area contributed by atoms with E-state index in [-0.39, 0.29) is 16.7 Å². The molecule has 0 atom stereocenters. The normalized spacial score (nSPS) is 11.5. The quantitative estimate of drug-likeness (QED) is 0.530. The minimum absolute atomic E-state index is 0.0871. The van der Waals surface area contributed by atoms with Crippen molar-refractivity contribution in [1.82, 2.24) is 15.1 Å². The van der Waals surface area contributed by atoms with Gasteiger partial charge in [-0.15, -0.1) is 0 Å². The second-order valence-electron chi connectivity index (χ2n) is 6.36. The Hall–Kier alpha value is -2.68. The van der Waals surface area contributed by atoms with Gasteiger partial charge in [-0.1, -0.05) is 24.3 Å². The summed E-state index contributed by atoms with van der Waals surface area (Å²) in [4.78, 5) is 12.4. The van der Waals surface area contributed by atoms with Gasteiger partial charge in [0.05, 0.1) is 21.9 Å². The highest BCUT2D eigenvalue weighted by Crippen LogP contribution is 2.34. The second kappa shape index (κ2) is 8.36. The van der Waals surface area contributed by atoms with E-state index in [1.807, 2.05) is 0 Å². The van der Waals surface area contributed by atoms with Crippen LogP contribution < -0.4 is 5.32 Å². The maximum absolute atomic E-state index is 13.7. The fraction of sp³-hybridized carbons (Fsp3) is 0.200. The van der Waals surface area contributed by atoms with Gasteiger partial charge < -0.3 is 5.32 Å². The van der Waals surface area contributed by atoms with E-state index in [0.717, 1.165) is 16.4 Å². The number of nitrogens with zero attached hydrogens (tertiary/aromatic N) is 2. The average Bonchev–Trinajstić information content (AvgIpc) is 3.10. The molecule has 2 aromatic carbocycles. The van der Waals surface area contributed by atoms with Crippen LogP contribution in [0.25, 0.3) is 5.69 Å². The summed E-state index contributed by atoms with van der Waals surface area (Å²) < 4.78 is 55.4. The first-order valence-electron chi connectivity index (χ1n) is 8.62. The van der Waals surface area contributed by atoms with Crippen LogP contribution in [0.15, 0.2) is 53.1 Å². The van der Waals surface area contributed by atoms with Crippen molar-refractivity contribution in [3.63, 3.8) is 0 Å². The fourth-order valence-electron chi connectivity index (χ4n) is 2.88. The number of rotatable bonds is 5. The van der Waals surface area contributed by atoms with Gasteiger partial charge in [-0.3, -0.25) is 4.79 Å². The van der Waals surface area contributed by atoms with E-state index in [2.05, 4.69) is 26.3 Å². The number of hydrogen-bond acceptors (Lipinski definition) is 2. The topological polar surface area (TPSA) is 46.9 Å². The lowest BCUT2D eigenvalue weighted by Gasteiger charge is -2.14. The van der Waals surface area contributed by atoms with Crippen molar-refractivity contribution in [2.24, 2.45) is 0 Å². The van der Waals surface area contributed by atoms with E-state index in [1.54, 1.807) is 37.3 Å². The number of benzene rings is 2. The zero-order valence-electron chi connectivity index (χ0n) is 15.2. The fourth-order valence-corrected chi connectivity index (χ4v) is 3.31. The third-order valence-corrected chi connectivity index (χ3v) is 4.92. The molecule has 29 heavy (non-hydrogen) atoms. The van der Waals surface area contributed by atoms with Crippen molar-refractivity contribution in [1.29, 1.82) is 0 Å². The molecule has 0 radical (unpaired) electrons. The monoisotopic (exact) mass is 469 g/mol. The van der Waals surface area contributed by atoms with Crippen molar-refractivity contribution in [3.05, 3.63) is 81.3 Å². The summed E-state index contributed by atoms with van der Waals surface area (Å²) in [5.74, 6) is -1.30. The van der Waals surface area contributed by atoms with Crippen molar-refractivity contribution in [2.45, 2.75) is 19.5 Å². The smallest absolute Gasteiger partial charge is 0.352 e. The molecule has 0 spiro atoms. The molecule has 0 bridgehead atoms. The highest BCUT2D eigenvalue weighted by atomic mass is 79.9. The Bertz CT molecular complexity index is 1050. The van der Waals surface area contributed by atoms with Crippen LogP contribution in [0.1, 0.15) is 27.2 Å². The summed E-state index contributed by atoms with van der Waals surface area (Å²) in [5.41, 5.74) is -0.120. The molecule has 1 aromatic heterocycles. The molecule has 4 nitrogen and oxygen atoms in total. The van der Waals surface area contributed by atoms with E-state index in [1.165, 1.54) is 12.1 Å². The van der Waals surface area contributed by atoms with Crippen LogP contribution in [0.5, 0.6) is 0 Å². The molecule has 0 saturated carbocycles. The number of amides is 1. The van der Waals surface area contributed by atoms with Crippen molar-refractivity contribution >= 4 is 21.8 Å². The molecule has 1 amide bonds. The lowest BCUT2D eigenvalue weighted by Crippen LogP contribution is -2.28. The Morgan fingerprint density at radius 3 is 2.59 bits per heavy atom. The number of nitrogens with one attached hydrogen (secondary N) is 1. The maximum Gasteiger partial charge on any atom is 0.434 e. The van der Waals surface area contributed by atoms with Gasteiger partial charge in [0.15, 0.2) is 5.69 Å². The molecule has 0 fully saturated rings. The van der Waals surface area contributed by atoms with Crippen molar-refractivity contribution < 1.29 is 22.4 Å². The Balaban J connectivity index is 1.82. The number of aryl methyl sites for hydroxylation is 1. The molecular weight excluding hydrogens is 454 g/mol. The molecule has 1 heterocycles. The van der Waals surface area contributed by atoms with Gasteiger partial charge in [0.2, 0.25) is 0 Å². The van der Waals surface area contributed by atoms with E-state index in [4.69, 9.17) is 0 Å². The molecule has 3 rings (SSSR count). The third-order valence-electron chi connectivity index (χ3n) is 4.31. The average molecular weight is 470 g/mol. The summed E-state index contributed by atoms with van der Waals surface area (Å²) in [6, 6.07) is 10.9. The molecule has 152 valence electrons. The number of hydrogen-bond donors (Lipinski definition) is 1. The zero-order valence-corrected chi connectivity index (χ0v) is 16.8. The molecule has 1 N–H and O–H groups in total. The highest BCUT2D eigenvalue weighted by Gasteiger charge is 2.40. The minimum atomic E-state index is -4.77. The zero-order chi connectivity index (χ0) is 21.2. The Morgan fingerprint density at radius 1 is 1.21 bits per heavy atom. The molecule has 0 aliphatic carbocycles. The number of carbonyl (C=O) groups excluding carboxylic acids is 1. The van der Waals surface area contributed by atoms with Crippen LogP contribution in [0, 0.1) is 12.7 Å². The van der Waals surface area contributed by atoms with E-state index < -0.39 is 29.2 Å². The van der Waals surface area contributed by atoms with Crippen LogP contribution in [0.2, 0.25) is 0 Å². The molecule has 9 heteroatoms. The van der Waals surface area contributed by atoms with Crippen molar-refractivity contribution in [2.75, 3.05) is 6.54 Å². The number of alkyl halides is 3. The molecule has 0 unspecified atom stereocenters. The lowest BCUT2D eigenvalue weighted by atomic mass is 10.1. The van der Waals surface area contributed by atoms with Gasteiger partial charge in [-0.25, -0.2) is 9.07 Å². The number of aromatic nitrogens is 2. The van der Waals surface area contributed by atoms with E-state index >= 15 is 0 Å². The first-order valence-corrected chi connectivity index (χ1v) is 9.41. The van der Waals surface area contributed by atoms with Crippen molar-refractivity contribution in [3.8, 4) is 5.69 Å². The summed E-state index contributed by atoms with van der Waals surface area (Å²) in [7, 11) is 0. The highest BCUT2D eigenvalue weighted by molar-refractivity contribution is 9.10. The minimum Gasteiger partial charge on any atom is -0.352 e. The number of para-hydroxylation sites is 1. The standard InChI is InChI=1S/C20H16BrF4N3O/c1-12-4-2-3-5-17(12)28-18(20(23,24)25)14(11-27-28)19(29)26-9-8-13-6-7-16(22)15(21)10-13/h2-7,10-11H,8-9H2,1H3,(H,26,29). The van der Waals surface area contributed by atoms with Gasteiger partial charge in [0.25, 0.3) is 5.91 Å². The third kappa shape index (κ3) is 4.67. The Kier molecular flexibility index (Phi) is 6.07. The van der Waals surface area contributed by atoms with Gasteiger partial charge in [0.1, 0.15) is 5.82 Å². The molecule has 0 aliphatic rings. The van der Waals surface area contributed by atoms with Gasteiger partial charge in [-0.05, 0) is 58.6 Å². The predicted molar refractivity (Wildman–Crippen MR) is 103 cm³/mol. The van der Waals surface area contributed by atoms with Crippen LogP contribution in [-0.4, -0.2) is 22.2 Å². The van der Waals surface area contributed by atoms with E-state index in [0.29, 0.717) is 12.0 Å². The summed E-state index contributed by atoms with van der Waals surface area (Å²) in [6.45, 7) is 1.75. The number of halogens is 5. The SMILES string of the molecule is Cc1ccccc1-n1ncc(C(=O)NCCc2ccc(F)c(Br)c2)c1C(F)(F)F. The summed E-state index contributed by atoms with van der Waals surface area (Å²) in [6.07, 6.45) is -3.52. The second-order valence-corrected chi connectivity index (χ2v) is 7.21. The van der Waals surface area contributed by atoms with Crippen LogP contribution in [0.4, 0.5) is 17.6 Å². The van der Waals surface area contributed by atoms with Gasteiger partial charge in [-0.2, -0.15) is 18.3 Å². The predicted octanol–water partition coefficient (Wildman–Crippen LogP) is 5.07. The first kappa shape index (κ1) is 21.0. The molecule has 3 aromatic rings. The van der Waals surface area contributed by atoms with Crippen LogP contribution in [-0.2, 0) is 12.6 Å². The number of carbonyl (C=O) groups is 1. The van der Waals surface area contributed by atoms with Gasteiger partial charge >= 0.3 is 6.18 Å². The van der Waals surface area contributed by atoms with Crippen LogP contribution >= 0.6 is 15.9 Å². The lowest BCUT2D eigenvalue weighted by molar-refractivity contribution is -0.143. The molecular formula is C20H16BrF4N3O. The Labute approximate surface area is 172 Å². The van der Waals surface area contributed by atoms with Crippen LogP contribution in [0.3, 0.4) is 0 Å². The molecule has 0 aliphatic heterocycles. The summed E-state index contributed by atoms with van der Waals surface area (Å²) >= 11 is 3.07. The maximum atomic E-state index is 13.7. The van der Waals surface area contributed by atoms with Gasteiger partial charge in [0, 0.05) is 6.54 Å². The van der Waals surface area contributed by atoms with E-state index in [9.17, 15) is 22.4 Å². The largest absolute Gasteiger partial charge is 0.434 e. The summed E-state index contributed by atoms with van der Waals surface area (Å²) in [5, 5.41) is 6.28. The molecule has 0 saturated heterocycles.